The summed E-state index contributed by atoms with van der Waals surface area (Å²) in [6.45, 7) is 4.13. The molecule has 0 saturated heterocycles. The van der Waals surface area contributed by atoms with Crippen LogP contribution in [-0.4, -0.2) is 23.2 Å². The van der Waals surface area contributed by atoms with Gasteiger partial charge in [0.05, 0.1) is 12.2 Å². The largest absolute Gasteiger partial charge is 0.318 e. The Morgan fingerprint density at radius 1 is 1.10 bits per heavy atom. The van der Waals surface area contributed by atoms with Gasteiger partial charge < -0.3 is 4.90 Å². The average molecular weight is 347 g/mol. The van der Waals surface area contributed by atoms with Crippen molar-refractivity contribution in [2.75, 3.05) is 13.1 Å². The Morgan fingerprint density at radius 3 is 2.75 bits per heavy atom. The number of amidine groups is 1. The zero-order valence-corrected chi connectivity index (χ0v) is 13.7. The van der Waals surface area contributed by atoms with Crippen LogP contribution < -0.4 is 0 Å². The Morgan fingerprint density at radius 2 is 1.90 bits per heavy atom. The molecule has 0 aromatic heterocycles. The van der Waals surface area contributed by atoms with Gasteiger partial charge >= 0.3 is 0 Å². The molecule has 4 rings (SSSR count). The lowest BCUT2D eigenvalue weighted by molar-refractivity contribution is 0.648. The van der Waals surface area contributed by atoms with E-state index in [1.54, 1.807) is 11.8 Å². The second-order valence-electron chi connectivity index (χ2n) is 4.88. The van der Waals surface area contributed by atoms with Gasteiger partial charge in [-0.2, -0.15) is 0 Å². The van der Waals surface area contributed by atoms with E-state index in [-0.39, 0.29) is 17.0 Å². The maximum Gasteiger partial charge on any atom is 0.168 e. The first-order valence-corrected chi connectivity index (χ1v) is 7.34. The van der Waals surface area contributed by atoms with Crippen LogP contribution in [0.3, 0.4) is 0 Å². The predicted molar refractivity (Wildman–Crippen MR) is 93.5 cm³/mol. The third-order valence-corrected chi connectivity index (χ3v) is 4.70. The molecule has 2 heterocycles. The van der Waals surface area contributed by atoms with E-state index in [2.05, 4.69) is 59.3 Å². The number of allylic oxidation sites excluding steroid dienone is 1. The topological polar surface area (TPSA) is 15.6 Å². The highest BCUT2D eigenvalue weighted by Crippen LogP contribution is 2.41. The van der Waals surface area contributed by atoms with Crippen molar-refractivity contribution in [1.82, 2.24) is 4.90 Å². The number of benzene rings is 2. The van der Waals surface area contributed by atoms with Gasteiger partial charge in [-0.15, -0.1) is 17.0 Å². The summed E-state index contributed by atoms with van der Waals surface area (Å²) in [5.74, 6) is 0. The number of hydrogen-bond donors (Lipinski definition) is 0. The Labute approximate surface area is 133 Å². The fourth-order valence-electron chi connectivity index (χ4n) is 2.79. The lowest BCUT2D eigenvalue weighted by atomic mass is 10.0. The zero-order valence-electron chi connectivity index (χ0n) is 11.2. The molecule has 0 N–H and O–H groups in total. The molecule has 2 aromatic carbocycles. The van der Waals surface area contributed by atoms with Crippen molar-refractivity contribution >= 4 is 50.4 Å². The SMILES string of the molecule is Br.CC1=C(c2ccc3ccccc3c2)N2CCN=C2S1. The normalized spacial score (nSPS) is 17.2. The Kier molecular flexibility index (Phi) is 3.61. The van der Waals surface area contributed by atoms with Crippen molar-refractivity contribution in [3.63, 3.8) is 0 Å². The monoisotopic (exact) mass is 346 g/mol. The Hall–Kier alpha value is -1.26. The number of fused-ring (bicyclic) bond motifs is 2. The van der Waals surface area contributed by atoms with Crippen LogP contribution in [-0.2, 0) is 0 Å². The molecule has 2 nitrogen and oxygen atoms in total. The van der Waals surface area contributed by atoms with Crippen LogP contribution in [0.2, 0.25) is 0 Å². The number of nitrogens with zero attached hydrogens (tertiary/aromatic N) is 2. The Balaban J connectivity index is 0.00000121. The van der Waals surface area contributed by atoms with Gasteiger partial charge in [-0.1, -0.05) is 48.2 Å². The molecule has 2 aromatic rings. The lowest BCUT2D eigenvalue weighted by Crippen LogP contribution is -2.19. The molecule has 0 saturated carbocycles. The number of hydrogen-bond acceptors (Lipinski definition) is 3. The Bertz CT molecular complexity index is 736. The van der Waals surface area contributed by atoms with E-state index in [4.69, 9.17) is 0 Å². The molecule has 20 heavy (non-hydrogen) atoms. The molecule has 0 fully saturated rings. The second kappa shape index (κ2) is 5.26. The van der Waals surface area contributed by atoms with Gasteiger partial charge in [-0.3, -0.25) is 4.99 Å². The summed E-state index contributed by atoms with van der Waals surface area (Å²) >= 11 is 1.80. The highest BCUT2D eigenvalue weighted by Gasteiger charge is 2.30. The number of halogens is 1. The van der Waals surface area contributed by atoms with Crippen LogP contribution in [0.15, 0.2) is 52.4 Å². The fraction of sp³-hybridized carbons (Fsp3) is 0.188. The standard InChI is InChI=1S/C16H14N2S.BrH/c1-11-15(18-9-8-17-16(18)19-11)14-7-6-12-4-2-3-5-13(12)10-14;/h2-7,10H,8-9H2,1H3;1H. The van der Waals surface area contributed by atoms with Crippen molar-refractivity contribution in [2.45, 2.75) is 6.92 Å². The molecule has 0 unspecified atom stereocenters. The number of aliphatic imine (C=N–C) groups is 1. The van der Waals surface area contributed by atoms with E-state index in [0.717, 1.165) is 13.1 Å². The van der Waals surface area contributed by atoms with Gasteiger partial charge in [0.15, 0.2) is 5.17 Å². The second-order valence-corrected chi connectivity index (χ2v) is 6.07. The molecular weight excluding hydrogens is 332 g/mol. The molecule has 0 atom stereocenters. The van der Waals surface area contributed by atoms with Gasteiger partial charge in [0, 0.05) is 11.4 Å². The van der Waals surface area contributed by atoms with Crippen LogP contribution in [0.4, 0.5) is 0 Å². The summed E-state index contributed by atoms with van der Waals surface area (Å²) in [5, 5.41) is 3.76. The summed E-state index contributed by atoms with van der Waals surface area (Å²) in [6.07, 6.45) is 0. The van der Waals surface area contributed by atoms with Crippen LogP contribution >= 0.6 is 28.7 Å². The minimum absolute atomic E-state index is 0. The van der Waals surface area contributed by atoms with Gasteiger partial charge in [0.2, 0.25) is 0 Å². The highest BCUT2D eigenvalue weighted by atomic mass is 79.9. The summed E-state index contributed by atoms with van der Waals surface area (Å²) in [4.78, 5) is 8.26. The van der Waals surface area contributed by atoms with E-state index in [0.29, 0.717) is 0 Å². The molecule has 4 heteroatoms. The molecule has 2 aliphatic rings. The zero-order chi connectivity index (χ0) is 12.8. The van der Waals surface area contributed by atoms with Crippen LogP contribution in [0.5, 0.6) is 0 Å². The first-order chi connectivity index (χ1) is 9.33. The molecule has 0 spiro atoms. The van der Waals surface area contributed by atoms with Crippen molar-refractivity contribution in [1.29, 1.82) is 0 Å². The van der Waals surface area contributed by atoms with Crippen molar-refractivity contribution < 1.29 is 0 Å². The molecule has 2 aliphatic heterocycles. The molecular formula is C16H15BrN2S. The third kappa shape index (κ3) is 2.07. The minimum Gasteiger partial charge on any atom is -0.318 e. The van der Waals surface area contributed by atoms with Gasteiger partial charge in [0.25, 0.3) is 0 Å². The van der Waals surface area contributed by atoms with Crippen LogP contribution in [0.25, 0.3) is 16.5 Å². The summed E-state index contributed by atoms with van der Waals surface area (Å²) < 4.78 is 0. The number of rotatable bonds is 1. The van der Waals surface area contributed by atoms with Gasteiger partial charge in [-0.25, -0.2) is 0 Å². The average Bonchev–Trinajstić information content (AvgIpc) is 2.98. The quantitative estimate of drug-likeness (QED) is 0.754. The molecule has 102 valence electrons. The van der Waals surface area contributed by atoms with Crippen LogP contribution in [0.1, 0.15) is 12.5 Å². The van der Waals surface area contributed by atoms with E-state index >= 15 is 0 Å². The van der Waals surface area contributed by atoms with Crippen LogP contribution in [0, 0.1) is 0 Å². The predicted octanol–water partition coefficient (Wildman–Crippen LogP) is 4.52. The molecule has 0 amide bonds. The van der Waals surface area contributed by atoms with E-state index in [1.807, 2.05) is 0 Å². The molecule has 0 aliphatic carbocycles. The third-order valence-electron chi connectivity index (χ3n) is 3.67. The minimum atomic E-state index is 0. The number of thioether (sulfide) groups is 1. The first-order valence-electron chi connectivity index (χ1n) is 6.53. The summed E-state index contributed by atoms with van der Waals surface area (Å²) in [5.41, 5.74) is 2.64. The maximum absolute atomic E-state index is 4.55. The maximum atomic E-state index is 4.55. The van der Waals surface area contributed by atoms with Gasteiger partial charge in [0.1, 0.15) is 0 Å². The van der Waals surface area contributed by atoms with E-state index < -0.39 is 0 Å². The van der Waals surface area contributed by atoms with Crippen molar-refractivity contribution in [2.24, 2.45) is 4.99 Å². The smallest absolute Gasteiger partial charge is 0.168 e. The van der Waals surface area contributed by atoms with Crippen molar-refractivity contribution in [3.8, 4) is 0 Å². The van der Waals surface area contributed by atoms with Crippen molar-refractivity contribution in [3.05, 3.63) is 52.9 Å². The molecule has 0 radical (unpaired) electrons. The molecule has 0 bridgehead atoms. The fourth-order valence-corrected chi connectivity index (χ4v) is 3.84. The van der Waals surface area contributed by atoms with Gasteiger partial charge in [-0.05, 0) is 29.3 Å². The van der Waals surface area contributed by atoms with E-state index in [9.17, 15) is 0 Å². The lowest BCUT2D eigenvalue weighted by Gasteiger charge is -2.17. The summed E-state index contributed by atoms with van der Waals surface area (Å²) in [7, 11) is 0. The van der Waals surface area contributed by atoms with E-state index in [1.165, 1.54) is 32.1 Å². The first kappa shape index (κ1) is 13.7. The highest BCUT2D eigenvalue weighted by molar-refractivity contribution is 8.93. The summed E-state index contributed by atoms with van der Waals surface area (Å²) in [6, 6.07) is 15.2.